The van der Waals surface area contributed by atoms with Crippen LogP contribution in [0.15, 0.2) is 41.1 Å². The number of hydrogen-bond donors (Lipinski definition) is 0. The summed E-state index contributed by atoms with van der Waals surface area (Å²) in [5, 5.41) is 1.77. The molecule has 0 fully saturated rings. The lowest BCUT2D eigenvalue weighted by Gasteiger charge is -1.98. The van der Waals surface area contributed by atoms with E-state index in [-0.39, 0.29) is 24.0 Å². The van der Waals surface area contributed by atoms with Crippen LogP contribution in [0.25, 0.3) is 20.8 Å². The number of aromatic nitrogens is 2. The summed E-state index contributed by atoms with van der Waals surface area (Å²) in [4.78, 5) is 4.69. The first-order chi connectivity index (χ1) is 9.65. The van der Waals surface area contributed by atoms with Crippen LogP contribution in [-0.2, 0) is 6.54 Å². The molecule has 0 aliphatic rings. The largest absolute Gasteiger partial charge is 1.00 e. The molecule has 2 aromatic heterocycles. The molecule has 0 unspecified atom stereocenters. The fourth-order valence-electron chi connectivity index (χ4n) is 2.12. The molecule has 0 saturated heterocycles. The van der Waals surface area contributed by atoms with Gasteiger partial charge in [-0.15, -0.1) is 11.3 Å². The molecule has 2 nitrogen and oxygen atoms in total. The van der Waals surface area contributed by atoms with Gasteiger partial charge in [0.1, 0.15) is 11.6 Å². The van der Waals surface area contributed by atoms with E-state index < -0.39 is 0 Å². The summed E-state index contributed by atoms with van der Waals surface area (Å²) >= 11 is 11.3. The van der Waals surface area contributed by atoms with E-state index in [2.05, 4.69) is 45.9 Å². The number of rotatable bonds is 3. The van der Waals surface area contributed by atoms with Gasteiger partial charge in [0.2, 0.25) is 0 Å². The van der Waals surface area contributed by atoms with E-state index in [4.69, 9.17) is 16.6 Å². The number of fused-ring (bicyclic) bond motifs is 1. The molecule has 0 bridgehead atoms. The quantitative estimate of drug-likeness (QED) is 0.402. The lowest BCUT2D eigenvalue weighted by molar-refractivity contribution is -0.697. The molecule has 0 aliphatic carbocycles. The van der Waals surface area contributed by atoms with Crippen molar-refractivity contribution in [1.29, 1.82) is 0 Å². The normalized spacial score (nSPS) is 10.6. The van der Waals surface area contributed by atoms with Gasteiger partial charge in [-0.1, -0.05) is 18.5 Å². The highest BCUT2D eigenvalue weighted by molar-refractivity contribution is 9.10. The van der Waals surface area contributed by atoms with Crippen LogP contribution >= 0.6 is 38.9 Å². The molecule has 6 heteroatoms. The second kappa shape index (κ2) is 7.35. The number of nitrogens with zero attached hydrogens (tertiary/aromatic N) is 2. The Morgan fingerprint density at radius 1 is 1.29 bits per heavy atom. The summed E-state index contributed by atoms with van der Waals surface area (Å²) < 4.78 is 4.38. The number of pyridine rings is 1. The Morgan fingerprint density at radius 2 is 2.10 bits per heavy atom. The van der Waals surface area contributed by atoms with Crippen LogP contribution in [0, 0.1) is 0 Å². The molecule has 0 spiro atoms. The van der Waals surface area contributed by atoms with Gasteiger partial charge in [-0.2, -0.15) is 0 Å². The first-order valence-electron chi connectivity index (χ1n) is 6.42. The van der Waals surface area contributed by atoms with Crippen LogP contribution in [-0.4, -0.2) is 4.98 Å². The third-order valence-corrected chi connectivity index (χ3v) is 4.70. The van der Waals surface area contributed by atoms with Crippen molar-refractivity contribution in [2.75, 3.05) is 0 Å². The molecular weight excluding hydrogens is 483 g/mol. The van der Waals surface area contributed by atoms with E-state index in [1.165, 1.54) is 0 Å². The van der Waals surface area contributed by atoms with E-state index in [1.54, 1.807) is 11.3 Å². The molecule has 0 N–H and O–H groups in total. The molecule has 0 aliphatic heterocycles. The molecule has 2 heterocycles. The summed E-state index contributed by atoms with van der Waals surface area (Å²) in [5.74, 6) is 0. The van der Waals surface area contributed by atoms with E-state index >= 15 is 0 Å². The minimum Gasteiger partial charge on any atom is -1.00 e. The maximum atomic E-state index is 6.03. The van der Waals surface area contributed by atoms with Crippen molar-refractivity contribution in [1.82, 2.24) is 4.98 Å². The number of benzene rings is 1. The van der Waals surface area contributed by atoms with Crippen LogP contribution in [0.4, 0.5) is 0 Å². The summed E-state index contributed by atoms with van der Waals surface area (Å²) in [6.07, 6.45) is 5.35. The zero-order valence-electron chi connectivity index (χ0n) is 11.3. The maximum absolute atomic E-state index is 6.03. The minimum absolute atomic E-state index is 0. The molecule has 0 radical (unpaired) electrons. The predicted molar refractivity (Wildman–Crippen MR) is 88.3 cm³/mol. The van der Waals surface area contributed by atoms with Gasteiger partial charge in [0.25, 0.3) is 0 Å². The highest BCUT2D eigenvalue weighted by atomic mass is 127. The van der Waals surface area contributed by atoms with Crippen molar-refractivity contribution in [2.24, 2.45) is 0 Å². The number of halogens is 3. The predicted octanol–water partition coefficient (Wildman–Crippen LogP) is 2.08. The highest BCUT2D eigenvalue weighted by Crippen LogP contribution is 2.32. The van der Waals surface area contributed by atoms with E-state index in [9.17, 15) is 0 Å². The fourth-order valence-corrected chi connectivity index (χ4v) is 3.86. The van der Waals surface area contributed by atoms with Gasteiger partial charge >= 0.3 is 0 Å². The van der Waals surface area contributed by atoms with Gasteiger partial charge < -0.3 is 24.0 Å². The van der Waals surface area contributed by atoms with Gasteiger partial charge in [-0.3, -0.25) is 0 Å². The SMILES string of the molecule is CCC[n+]1cc(Br)cc(-c2nc3ccc(Cl)cc3s2)c1.[I-]. The van der Waals surface area contributed by atoms with Crippen molar-refractivity contribution < 1.29 is 28.5 Å². The fraction of sp³-hybridized carbons (Fsp3) is 0.200. The summed E-state index contributed by atoms with van der Waals surface area (Å²) in [5.41, 5.74) is 2.13. The number of aryl methyl sites for hydroxylation is 1. The van der Waals surface area contributed by atoms with Gasteiger partial charge in [0.15, 0.2) is 12.4 Å². The Hall–Kier alpha value is -0.240. The second-order valence-corrected chi connectivity index (χ2v) is 6.99. The van der Waals surface area contributed by atoms with Crippen LogP contribution in [0.3, 0.4) is 0 Å². The highest BCUT2D eigenvalue weighted by Gasteiger charge is 2.12. The average Bonchev–Trinajstić information content (AvgIpc) is 2.81. The molecule has 3 rings (SSSR count). The van der Waals surface area contributed by atoms with E-state index in [0.29, 0.717) is 0 Å². The minimum atomic E-state index is 0. The van der Waals surface area contributed by atoms with Gasteiger partial charge in [-0.25, -0.2) is 9.55 Å². The van der Waals surface area contributed by atoms with Crippen molar-refractivity contribution in [3.8, 4) is 10.6 Å². The third kappa shape index (κ3) is 3.94. The second-order valence-electron chi connectivity index (χ2n) is 4.61. The van der Waals surface area contributed by atoms with Gasteiger partial charge in [-0.05, 0) is 40.2 Å². The summed E-state index contributed by atoms with van der Waals surface area (Å²) in [7, 11) is 0. The molecular formula is C15H13BrClIN2S. The van der Waals surface area contributed by atoms with Crippen molar-refractivity contribution in [2.45, 2.75) is 19.9 Å². The molecule has 0 atom stereocenters. The standard InChI is InChI=1S/C15H13BrClN2S.HI/c1-2-5-19-8-10(6-11(16)9-19)15-18-13-4-3-12(17)7-14(13)20-15;/h3-4,6-9H,2,5H2,1H3;1H/q+1;/p-1. The third-order valence-electron chi connectivity index (χ3n) is 2.97. The molecule has 0 saturated carbocycles. The lowest BCUT2D eigenvalue weighted by Crippen LogP contribution is -3.00. The van der Waals surface area contributed by atoms with Gasteiger partial charge in [0.05, 0.1) is 20.3 Å². The number of thiazole rings is 1. The van der Waals surface area contributed by atoms with E-state index in [1.807, 2.05) is 18.2 Å². The Labute approximate surface area is 158 Å². The van der Waals surface area contributed by atoms with Crippen LogP contribution in [0.2, 0.25) is 5.02 Å². The van der Waals surface area contributed by atoms with Crippen molar-refractivity contribution in [3.63, 3.8) is 0 Å². The van der Waals surface area contributed by atoms with E-state index in [0.717, 1.165) is 43.2 Å². The Morgan fingerprint density at radius 3 is 2.86 bits per heavy atom. The maximum Gasteiger partial charge on any atom is 0.183 e. The number of hydrogen-bond acceptors (Lipinski definition) is 2. The Kier molecular flexibility index (Phi) is 5.99. The smallest absolute Gasteiger partial charge is 0.183 e. The van der Waals surface area contributed by atoms with Crippen LogP contribution in [0.1, 0.15) is 13.3 Å². The zero-order valence-corrected chi connectivity index (χ0v) is 16.6. The first kappa shape index (κ1) is 17.1. The van der Waals surface area contributed by atoms with Crippen molar-refractivity contribution >= 4 is 49.1 Å². The van der Waals surface area contributed by atoms with Crippen molar-refractivity contribution in [3.05, 3.63) is 46.2 Å². The average molecular weight is 496 g/mol. The topological polar surface area (TPSA) is 16.8 Å². The van der Waals surface area contributed by atoms with Crippen LogP contribution in [0.5, 0.6) is 0 Å². The molecule has 110 valence electrons. The first-order valence-corrected chi connectivity index (χ1v) is 8.40. The molecule has 1 aromatic carbocycles. The Bertz CT molecular complexity index is 775. The monoisotopic (exact) mass is 494 g/mol. The lowest BCUT2D eigenvalue weighted by atomic mass is 10.3. The van der Waals surface area contributed by atoms with Crippen LogP contribution < -0.4 is 28.5 Å². The Balaban J connectivity index is 0.00000161. The van der Waals surface area contributed by atoms with Gasteiger partial charge in [0, 0.05) is 11.4 Å². The summed E-state index contributed by atoms with van der Waals surface area (Å²) in [6.45, 7) is 3.18. The summed E-state index contributed by atoms with van der Waals surface area (Å²) in [6, 6.07) is 7.92. The molecule has 0 amide bonds. The zero-order chi connectivity index (χ0) is 14.1. The molecule has 3 aromatic rings. The molecule has 21 heavy (non-hydrogen) atoms.